The minimum Gasteiger partial charge on any atom is -0.487 e. The van der Waals surface area contributed by atoms with Crippen LogP contribution in [0.25, 0.3) is 22.4 Å². The Labute approximate surface area is 186 Å². The molecule has 0 saturated heterocycles. The zero-order valence-corrected chi connectivity index (χ0v) is 18.2. The van der Waals surface area contributed by atoms with Gasteiger partial charge in [0.25, 0.3) is 0 Å². The molecule has 0 aliphatic rings. The molecule has 4 rings (SSSR count). The highest BCUT2D eigenvalue weighted by Crippen LogP contribution is 2.27. The van der Waals surface area contributed by atoms with Gasteiger partial charge in [-0.15, -0.1) is 0 Å². The van der Waals surface area contributed by atoms with Crippen LogP contribution in [0.15, 0.2) is 60.7 Å². The second-order valence-electron chi connectivity index (χ2n) is 7.74. The van der Waals surface area contributed by atoms with Gasteiger partial charge in [-0.2, -0.15) is 0 Å². The van der Waals surface area contributed by atoms with Crippen molar-refractivity contribution in [2.24, 2.45) is 5.92 Å². The molecule has 0 aliphatic heterocycles. The van der Waals surface area contributed by atoms with Crippen LogP contribution in [0.4, 0.5) is 5.82 Å². The lowest BCUT2D eigenvalue weighted by molar-refractivity contribution is 0.249. The maximum atomic E-state index is 9.81. The number of nitrogens with zero attached hydrogens (tertiary/aromatic N) is 2. The van der Waals surface area contributed by atoms with E-state index in [1.807, 2.05) is 54.6 Å². The maximum absolute atomic E-state index is 9.81. The van der Waals surface area contributed by atoms with Crippen LogP contribution in [0.2, 0.25) is 5.02 Å². The molecule has 2 aromatic carbocycles. The zero-order chi connectivity index (χ0) is 21.8. The number of anilines is 1. The number of hydrogen-bond acceptors (Lipinski definition) is 5. The van der Waals surface area contributed by atoms with Gasteiger partial charge >= 0.3 is 0 Å². The van der Waals surface area contributed by atoms with Crippen LogP contribution in [0.3, 0.4) is 0 Å². The highest BCUT2D eigenvalue weighted by atomic mass is 35.5. The fourth-order valence-electron chi connectivity index (χ4n) is 3.28. The molecule has 0 fully saturated rings. The summed E-state index contributed by atoms with van der Waals surface area (Å²) in [7, 11) is 0. The van der Waals surface area contributed by atoms with E-state index in [0.29, 0.717) is 34.7 Å². The minimum atomic E-state index is -0.122. The number of aromatic nitrogens is 3. The van der Waals surface area contributed by atoms with Crippen molar-refractivity contribution >= 4 is 28.5 Å². The molecule has 0 aliphatic carbocycles. The van der Waals surface area contributed by atoms with Crippen LogP contribution in [0, 0.1) is 5.92 Å². The number of benzene rings is 2. The molecular formula is C24H25ClN4O2. The van der Waals surface area contributed by atoms with Gasteiger partial charge in [-0.05, 0) is 30.2 Å². The van der Waals surface area contributed by atoms with Crippen molar-refractivity contribution in [3.8, 4) is 17.1 Å². The van der Waals surface area contributed by atoms with Crippen molar-refractivity contribution in [3.63, 3.8) is 0 Å². The summed E-state index contributed by atoms with van der Waals surface area (Å²) in [5.74, 6) is 2.22. The van der Waals surface area contributed by atoms with E-state index in [4.69, 9.17) is 26.3 Å². The molecule has 3 N–H and O–H groups in total. The number of nitrogens with one attached hydrogen (secondary N) is 2. The number of H-pyrrole nitrogens is 1. The Bertz CT molecular complexity index is 1160. The SMILES string of the molecule is CC(C)[C@@H](CO)Nc1nc(-c2ccccc2)nc2[nH]c(COc3cccc(Cl)c3)cc12. The molecule has 31 heavy (non-hydrogen) atoms. The quantitative estimate of drug-likeness (QED) is 0.349. The average molecular weight is 437 g/mol. The van der Waals surface area contributed by atoms with Crippen molar-refractivity contribution < 1.29 is 9.84 Å². The molecule has 160 valence electrons. The summed E-state index contributed by atoms with van der Waals surface area (Å²) >= 11 is 6.04. The van der Waals surface area contributed by atoms with E-state index in [0.717, 1.165) is 16.6 Å². The number of rotatable bonds is 8. The normalized spacial score (nSPS) is 12.3. The van der Waals surface area contributed by atoms with Crippen LogP contribution in [-0.2, 0) is 6.61 Å². The second kappa shape index (κ2) is 9.37. The van der Waals surface area contributed by atoms with Crippen LogP contribution in [0.1, 0.15) is 19.5 Å². The number of hydrogen-bond donors (Lipinski definition) is 3. The van der Waals surface area contributed by atoms with Crippen LogP contribution in [-0.4, -0.2) is 32.7 Å². The molecule has 0 unspecified atom stereocenters. The Morgan fingerprint density at radius 3 is 2.58 bits per heavy atom. The van der Waals surface area contributed by atoms with E-state index >= 15 is 0 Å². The van der Waals surface area contributed by atoms with Gasteiger partial charge in [0.1, 0.15) is 23.8 Å². The summed E-state index contributed by atoms with van der Waals surface area (Å²) < 4.78 is 5.87. The molecule has 7 heteroatoms. The van der Waals surface area contributed by atoms with E-state index in [1.165, 1.54) is 0 Å². The van der Waals surface area contributed by atoms with E-state index in [-0.39, 0.29) is 18.6 Å². The number of fused-ring (bicyclic) bond motifs is 1. The number of ether oxygens (including phenoxy) is 1. The van der Waals surface area contributed by atoms with Crippen LogP contribution in [0.5, 0.6) is 5.75 Å². The predicted octanol–water partition coefficient (Wildman–Crippen LogP) is 5.29. The monoisotopic (exact) mass is 436 g/mol. The topological polar surface area (TPSA) is 83.1 Å². The highest BCUT2D eigenvalue weighted by Gasteiger charge is 2.18. The Balaban J connectivity index is 1.70. The third-order valence-electron chi connectivity index (χ3n) is 5.09. The largest absolute Gasteiger partial charge is 0.487 e. The predicted molar refractivity (Wildman–Crippen MR) is 124 cm³/mol. The zero-order valence-electron chi connectivity index (χ0n) is 17.5. The molecule has 2 aromatic heterocycles. The third kappa shape index (κ3) is 4.98. The molecule has 6 nitrogen and oxygen atoms in total. The summed E-state index contributed by atoms with van der Waals surface area (Å²) in [6.45, 7) is 4.47. The first kappa shape index (κ1) is 21.2. The van der Waals surface area contributed by atoms with E-state index in [2.05, 4.69) is 24.1 Å². The summed E-state index contributed by atoms with van der Waals surface area (Å²) in [6.07, 6.45) is 0. The first-order chi connectivity index (χ1) is 15.0. The van der Waals surface area contributed by atoms with Gasteiger partial charge in [-0.1, -0.05) is 61.8 Å². The molecule has 0 radical (unpaired) electrons. The number of aliphatic hydroxyl groups is 1. The van der Waals surface area contributed by atoms with Gasteiger partial charge in [0.05, 0.1) is 23.7 Å². The number of halogens is 1. The fourth-order valence-corrected chi connectivity index (χ4v) is 3.46. The van der Waals surface area contributed by atoms with E-state index < -0.39 is 0 Å². The van der Waals surface area contributed by atoms with Crippen molar-refractivity contribution in [1.82, 2.24) is 15.0 Å². The molecule has 0 spiro atoms. The fraction of sp³-hybridized carbons (Fsp3) is 0.250. The van der Waals surface area contributed by atoms with Gasteiger partial charge < -0.3 is 20.1 Å². The Morgan fingerprint density at radius 2 is 1.87 bits per heavy atom. The Hall–Kier alpha value is -3.09. The van der Waals surface area contributed by atoms with E-state index in [9.17, 15) is 5.11 Å². The summed E-state index contributed by atoms with van der Waals surface area (Å²) in [5, 5.41) is 14.7. The van der Waals surface area contributed by atoms with Gasteiger partial charge in [-0.25, -0.2) is 9.97 Å². The average Bonchev–Trinajstić information content (AvgIpc) is 3.19. The summed E-state index contributed by atoms with van der Waals surface area (Å²) in [5.41, 5.74) is 2.49. The second-order valence-corrected chi connectivity index (χ2v) is 8.18. The molecule has 0 bridgehead atoms. The lowest BCUT2D eigenvalue weighted by atomic mass is 10.1. The van der Waals surface area contributed by atoms with Gasteiger partial charge in [0.15, 0.2) is 5.82 Å². The smallest absolute Gasteiger partial charge is 0.163 e. The molecule has 0 saturated carbocycles. The minimum absolute atomic E-state index is 0.0129. The molecule has 1 atom stereocenters. The van der Waals surface area contributed by atoms with Crippen LogP contribution >= 0.6 is 11.6 Å². The summed E-state index contributed by atoms with van der Waals surface area (Å²) in [6, 6.07) is 19.0. The van der Waals surface area contributed by atoms with Gasteiger partial charge in [-0.3, -0.25) is 0 Å². The van der Waals surface area contributed by atoms with E-state index in [1.54, 1.807) is 6.07 Å². The molecule has 0 amide bonds. The standard InChI is InChI=1S/C24H25ClN4O2/c1-15(2)21(13-30)27-24-20-12-18(14-31-19-10-6-9-17(25)11-19)26-23(20)28-22(29-24)16-7-4-3-5-8-16/h3-12,15,21,30H,13-14H2,1-2H3,(H2,26,27,28,29)/t21-/m1/s1. The first-order valence-electron chi connectivity index (χ1n) is 10.2. The molecule has 4 aromatic rings. The lowest BCUT2D eigenvalue weighted by Gasteiger charge is -2.21. The molecular weight excluding hydrogens is 412 g/mol. The third-order valence-corrected chi connectivity index (χ3v) is 5.32. The van der Waals surface area contributed by atoms with Gasteiger partial charge in [0, 0.05) is 10.6 Å². The Morgan fingerprint density at radius 1 is 1.06 bits per heavy atom. The number of aromatic amines is 1. The lowest BCUT2D eigenvalue weighted by Crippen LogP contribution is -2.30. The number of aliphatic hydroxyl groups excluding tert-OH is 1. The Kier molecular flexibility index (Phi) is 6.39. The van der Waals surface area contributed by atoms with Crippen molar-refractivity contribution in [2.75, 3.05) is 11.9 Å². The van der Waals surface area contributed by atoms with Gasteiger partial charge in [0.2, 0.25) is 0 Å². The first-order valence-corrected chi connectivity index (χ1v) is 10.6. The van der Waals surface area contributed by atoms with Crippen molar-refractivity contribution in [3.05, 3.63) is 71.4 Å². The van der Waals surface area contributed by atoms with Crippen LogP contribution < -0.4 is 10.1 Å². The highest BCUT2D eigenvalue weighted by molar-refractivity contribution is 6.30. The van der Waals surface area contributed by atoms with Crippen molar-refractivity contribution in [2.45, 2.75) is 26.5 Å². The maximum Gasteiger partial charge on any atom is 0.163 e. The van der Waals surface area contributed by atoms with Crippen molar-refractivity contribution in [1.29, 1.82) is 0 Å². The molecule has 2 heterocycles. The summed E-state index contributed by atoms with van der Waals surface area (Å²) in [4.78, 5) is 12.8.